The molecule has 0 fully saturated rings. The first kappa shape index (κ1) is 13.2. The van der Waals surface area contributed by atoms with Crippen LogP contribution in [0.2, 0.25) is 0 Å². The van der Waals surface area contributed by atoms with Gasteiger partial charge in [0.15, 0.2) is 0 Å². The minimum Gasteiger partial charge on any atom is -0.481 e. The van der Waals surface area contributed by atoms with Crippen LogP contribution in [0.4, 0.5) is 0 Å². The van der Waals surface area contributed by atoms with E-state index in [1.54, 1.807) is 0 Å². The van der Waals surface area contributed by atoms with E-state index in [0.29, 0.717) is 0 Å². The van der Waals surface area contributed by atoms with Crippen molar-refractivity contribution in [1.82, 2.24) is 4.98 Å². The summed E-state index contributed by atoms with van der Waals surface area (Å²) < 4.78 is 0.997. The summed E-state index contributed by atoms with van der Waals surface area (Å²) in [6, 6.07) is 7.88. The lowest BCUT2D eigenvalue weighted by Crippen LogP contribution is -2.03. The van der Waals surface area contributed by atoms with Crippen LogP contribution in [0.3, 0.4) is 0 Å². The molecule has 1 N–H and O–H groups in total. The third-order valence-electron chi connectivity index (χ3n) is 2.61. The van der Waals surface area contributed by atoms with Crippen molar-refractivity contribution in [1.29, 1.82) is 0 Å². The van der Waals surface area contributed by atoms with Crippen LogP contribution in [0.15, 0.2) is 34.1 Å². The molecule has 2 rings (SSSR count). The number of benzene rings is 1. The van der Waals surface area contributed by atoms with E-state index in [2.05, 4.69) is 20.9 Å². The Labute approximate surface area is 118 Å². The van der Waals surface area contributed by atoms with E-state index in [9.17, 15) is 4.79 Å². The minimum atomic E-state index is -0.794. The van der Waals surface area contributed by atoms with Crippen LogP contribution in [0, 0.1) is 0 Å². The molecule has 0 aliphatic heterocycles. The van der Waals surface area contributed by atoms with Gasteiger partial charge in [0.25, 0.3) is 0 Å². The zero-order valence-electron chi connectivity index (χ0n) is 9.76. The maximum absolute atomic E-state index is 10.7. The molecule has 0 saturated carbocycles. The molecular formula is C13H12BrNO2S. The summed E-state index contributed by atoms with van der Waals surface area (Å²) in [6.45, 7) is 1.88. The smallest absolute Gasteiger partial charge is 0.304 e. The van der Waals surface area contributed by atoms with Gasteiger partial charge in [0, 0.05) is 21.3 Å². The number of aliphatic carboxylic acids is 1. The van der Waals surface area contributed by atoms with E-state index in [4.69, 9.17) is 5.11 Å². The van der Waals surface area contributed by atoms with Gasteiger partial charge in [-0.05, 0) is 6.07 Å². The highest BCUT2D eigenvalue weighted by Gasteiger charge is 2.15. The van der Waals surface area contributed by atoms with Gasteiger partial charge in [0.05, 0.1) is 12.1 Å². The Balaban J connectivity index is 2.26. The zero-order valence-corrected chi connectivity index (χ0v) is 12.2. The van der Waals surface area contributed by atoms with Crippen LogP contribution in [0.5, 0.6) is 0 Å². The van der Waals surface area contributed by atoms with Gasteiger partial charge >= 0.3 is 5.97 Å². The van der Waals surface area contributed by atoms with Crippen LogP contribution >= 0.6 is 27.3 Å². The van der Waals surface area contributed by atoms with Gasteiger partial charge < -0.3 is 5.11 Å². The Morgan fingerprint density at radius 1 is 1.50 bits per heavy atom. The fraction of sp³-hybridized carbons (Fsp3) is 0.231. The molecule has 3 nitrogen and oxygen atoms in total. The Morgan fingerprint density at radius 2 is 2.22 bits per heavy atom. The quantitative estimate of drug-likeness (QED) is 0.918. The largest absolute Gasteiger partial charge is 0.481 e. The van der Waals surface area contributed by atoms with Crippen LogP contribution in [0.25, 0.3) is 10.6 Å². The summed E-state index contributed by atoms with van der Waals surface area (Å²) in [5, 5.41) is 11.6. The van der Waals surface area contributed by atoms with Crippen molar-refractivity contribution < 1.29 is 9.90 Å². The molecule has 0 amide bonds. The first-order chi connectivity index (χ1) is 8.58. The lowest BCUT2D eigenvalue weighted by Gasteiger charge is -2.04. The molecule has 5 heteroatoms. The lowest BCUT2D eigenvalue weighted by atomic mass is 10.1. The molecule has 0 aliphatic rings. The molecule has 1 atom stereocenters. The van der Waals surface area contributed by atoms with Gasteiger partial charge in [0.2, 0.25) is 0 Å². The molecule has 0 aliphatic carbocycles. The van der Waals surface area contributed by atoms with E-state index in [-0.39, 0.29) is 12.3 Å². The molecule has 2 aromatic rings. The number of carbonyl (C=O) groups is 1. The average molecular weight is 326 g/mol. The van der Waals surface area contributed by atoms with Gasteiger partial charge in [-0.1, -0.05) is 41.1 Å². The fourth-order valence-corrected chi connectivity index (χ4v) is 3.22. The summed E-state index contributed by atoms with van der Waals surface area (Å²) in [7, 11) is 0. The highest BCUT2D eigenvalue weighted by atomic mass is 79.9. The number of nitrogens with zero attached hydrogens (tertiary/aromatic N) is 1. The zero-order chi connectivity index (χ0) is 13.1. The summed E-state index contributed by atoms with van der Waals surface area (Å²) >= 11 is 5.03. The molecule has 1 aromatic heterocycles. The molecule has 1 unspecified atom stereocenters. The first-order valence-electron chi connectivity index (χ1n) is 5.50. The molecule has 18 heavy (non-hydrogen) atoms. The fourth-order valence-electron chi connectivity index (χ4n) is 1.64. The van der Waals surface area contributed by atoms with Crippen molar-refractivity contribution in [2.45, 2.75) is 19.3 Å². The molecular weight excluding hydrogens is 314 g/mol. The first-order valence-corrected chi connectivity index (χ1v) is 7.17. The normalized spacial score (nSPS) is 12.3. The Hall–Kier alpha value is -1.20. The maximum atomic E-state index is 10.7. The lowest BCUT2D eigenvalue weighted by molar-refractivity contribution is -0.137. The SMILES string of the molecule is CC(CC(=O)O)c1csc(-c2ccccc2Br)n1. The number of thiazole rings is 1. The van der Waals surface area contributed by atoms with Crippen LogP contribution < -0.4 is 0 Å². The highest BCUT2D eigenvalue weighted by molar-refractivity contribution is 9.10. The molecule has 0 saturated heterocycles. The molecule has 1 aromatic carbocycles. The van der Waals surface area contributed by atoms with Gasteiger partial charge in [0.1, 0.15) is 5.01 Å². The van der Waals surface area contributed by atoms with Crippen molar-refractivity contribution in [2.24, 2.45) is 0 Å². The number of carboxylic acids is 1. The second-order valence-corrected chi connectivity index (χ2v) is 5.77. The highest BCUT2D eigenvalue weighted by Crippen LogP contribution is 2.32. The predicted octanol–water partition coefficient (Wildman–Crippen LogP) is 4.15. The standard InChI is InChI=1S/C13H12BrNO2S/c1-8(6-12(16)17)11-7-18-13(15-11)9-4-2-3-5-10(9)14/h2-5,7-8H,6H2,1H3,(H,16,17). The maximum Gasteiger partial charge on any atom is 0.304 e. The molecule has 1 heterocycles. The van der Waals surface area contributed by atoms with Crippen molar-refractivity contribution in [3.05, 3.63) is 39.8 Å². The van der Waals surface area contributed by atoms with E-state index in [1.807, 2.05) is 36.6 Å². The molecule has 0 spiro atoms. The number of aromatic nitrogens is 1. The van der Waals surface area contributed by atoms with Crippen LogP contribution in [-0.2, 0) is 4.79 Å². The summed E-state index contributed by atoms with van der Waals surface area (Å²) in [6.07, 6.45) is 0.110. The van der Waals surface area contributed by atoms with E-state index < -0.39 is 5.97 Å². The van der Waals surface area contributed by atoms with Crippen molar-refractivity contribution in [2.75, 3.05) is 0 Å². The minimum absolute atomic E-state index is 0.0602. The van der Waals surface area contributed by atoms with Gasteiger partial charge in [-0.25, -0.2) is 4.98 Å². The third kappa shape index (κ3) is 2.97. The van der Waals surface area contributed by atoms with E-state index in [0.717, 1.165) is 20.7 Å². The van der Waals surface area contributed by atoms with Crippen LogP contribution in [0.1, 0.15) is 25.0 Å². The Morgan fingerprint density at radius 3 is 2.89 bits per heavy atom. The summed E-state index contributed by atoms with van der Waals surface area (Å²) in [4.78, 5) is 15.2. The number of hydrogen-bond donors (Lipinski definition) is 1. The van der Waals surface area contributed by atoms with Crippen molar-refractivity contribution >= 4 is 33.2 Å². The Kier molecular flexibility index (Phi) is 4.14. The Bertz CT molecular complexity index is 568. The van der Waals surface area contributed by atoms with Crippen molar-refractivity contribution in [3.63, 3.8) is 0 Å². The number of carboxylic acid groups (broad SMARTS) is 1. The van der Waals surface area contributed by atoms with E-state index >= 15 is 0 Å². The topological polar surface area (TPSA) is 50.2 Å². The van der Waals surface area contributed by atoms with Gasteiger partial charge in [-0.2, -0.15) is 0 Å². The van der Waals surface area contributed by atoms with Gasteiger partial charge in [-0.3, -0.25) is 4.79 Å². The van der Waals surface area contributed by atoms with Crippen molar-refractivity contribution in [3.8, 4) is 10.6 Å². The molecule has 0 radical (unpaired) electrons. The second-order valence-electron chi connectivity index (χ2n) is 4.06. The second kappa shape index (κ2) is 5.63. The summed E-state index contributed by atoms with van der Waals surface area (Å²) in [5.41, 5.74) is 1.88. The third-order valence-corrected chi connectivity index (χ3v) is 4.20. The molecule has 0 bridgehead atoms. The monoisotopic (exact) mass is 325 g/mol. The average Bonchev–Trinajstić information content (AvgIpc) is 2.78. The van der Waals surface area contributed by atoms with Crippen LogP contribution in [-0.4, -0.2) is 16.1 Å². The summed E-state index contributed by atoms with van der Waals surface area (Å²) in [5.74, 6) is -0.854. The predicted molar refractivity (Wildman–Crippen MR) is 75.9 cm³/mol. The number of hydrogen-bond acceptors (Lipinski definition) is 3. The number of halogens is 1. The van der Waals surface area contributed by atoms with Gasteiger partial charge in [-0.15, -0.1) is 11.3 Å². The number of rotatable bonds is 4. The van der Waals surface area contributed by atoms with E-state index in [1.165, 1.54) is 11.3 Å². The molecule has 94 valence electrons.